The average molecular weight is 314 g/mol. The monoisotopic (exact) mass is 313 g/mol. The van der Waals surface area contributed by atoms with Gasteiger partial charge in [-0.05, 0) is 30.2 Å². The van der Waals surface area contributed by atoms with Crippen LogP contribution in [0.1, 0.15) is 6.42 Å². The molecule has 1 fully saturated rings. The molecular weight excluding hydrogens is 298 g/mol. The van der Waals surface area contributed by atoms with Crippen molar-refractivity contribution in [2.24, 2.45) is 5.92 Å². The van der Waals surface area contributed by atoms with Gasteiger partial charge in [-0.3, -0.25) is 4.79 Å². The molecular formula is C13H16BrNO3. The average Bonchev–Trinajstić information content (AvgIpc) is 2.78. The van der Waals surface area contributed by atoms with Crippen molar-refractivity contribution in [2.45, 2.75) is 6.42 Å². The minimum absolute atomic E-state index is 0.000702. The molecule has 1 unspecified atom stereocenters. The van der Waals surface area contributed by atoms with Gasteiger partial charge in [-0.2, -0.15) is 0 Å². The molecule has 98 valence electrons. The lowest BCUT2D eigenvalue weighted by Gasteiger charge is -2.16. The Kier molecular flexibility index (Phi) is 4.60. The van der Waals surface area contributed by atoms with Crippen molar-refractivity contribution in [3.05, 3.63) is 24.3 Å². The van der Waals surface area contributed by atoms with Gasteiger partial charge >= 0.3 is 0 Å². The first-order chi connectivity index (χ1) is 8.74. The largest absolute Gasteiger partial charge is 0.491 e. The second-order valence-corrected chi connectivity index (χ2v) is 4.94. The predicted octanol–water partition coefficient (Wildman–Crippen LogP) is 1.81. The number of amides is 1. The van der Waals surface area contributed by atoms with Crippen LogP contribution in [0.15, 0.2) is 24.3 Å². The Balaban J connectivity index is 2.03. The fraction of sp³-hybridized carbons (Fsp3) is 0.462. The molecule has 1 N–H and O–H groups in total. The van der Waals surface area contributed by atoms with Gasteiger partial charge in [0.25, 0.3) is 0 Å². The molecule has 18 heavy (non-hydrogen) atoms. The summed E-state index contributed by atoms with van der Waals surface area (Å²) in [6.45, 7) is 1.05. The van der Waals surface area contributed by atoms with E-state index in [-0.39, 0.29) is 19.1 Å². The molecule has 0 saturated carbocycles. The van der Waals surface area contributed by atoms with E-state index in [1.807, 2.05) is 29.2 Å². The summed E-state index contributed by atoms with van der Waals surface area (Å²) in [6, 6.07) is 7.39. The number of aliphatic hydroxyl groups is 1. The van der Waals surface area contributed by atoms with Crippen molar-refractivity contribution in [1.82, 2.24) is 0 Å². The highest BCUT2D eigenvalue weighted by molar-refractivity contribution is 9.09. The Labute approximate surface area is 115 Å². The molecule has 1 aliphatic rings. The molecule has 1 aliphatic heterocycles. The summed E-state index contributed by atoms with van der Waals surface area (Å²) in [7, 11) is 0. The number of nitrogens with zero attached hydrogens (tertiary/aromatic N) is 1. The summed E-state index contributed by atoms with van der Waals surface area (Å²) in [5, 5.41) is 9.52. The van der Waals surface area contributed by atoms with Crippen LogP contribution >= 0.6 is 15.9 Å². The highest BCUT2D eigenvalue weighted by Crippen LogP contribution is 2.27. The number of benzene rings is 1. The number of anilines is 1. The molecule has 1 aromatic rings. The summed E-state index contributed by atoms with van der Waals surface area (Å²) in [4.78, 5) is 13.6. The van der Waals surface area contributed by atoms with E-state index in [1.54, 1.807) is 0 Å². The third-order valence-corrected chi connectivity index (χ3v) is 3.85. The van der Waals surface area contributed by atoms with Gasteiger partial charge in [0.1, 0.15) is 12.4 Å². The molecule has 1 heterocycles. The van der Waals surface area contributed by atoms with E-state index in [0.29, 0.717) is 18.1 Å². The van der Waals surface area contributed by atoms with Crippen LogP contribution in [0.5, 0.6) is 5.75 Å². The molecule has 0 aromatic heterocycles. The van der Waals surface area contributed by atoms with Crippen LogP contribution in [0.3, 0.4) is 0 Å². The summed E-state index contributed by atoms with van der Waals surface area (Å²) in [6.07, 6.45) is 0.605. The maximum atomic E-state index is 11.8. The van der Waals surface area contributed by atoms with Crippen LogP contribution in [0.25, 0.3) is 0 Å². The zero-order valence-electron chi connectivity index (χ0n) is 10.0. The molecule has 0 radical (unpaired) electrons. The van der Waals surface area contributed by atoms with Crippen LogP contribution < -0.4 is 9.64 Å². The van der Waals surface area contributed by atoms with Gasteiger partial charge in [-0.25, -0.2) is 0 Å². The molecule has 1 amide bonds. The number of carbonyl (C=O) groups is 1. The van der Waals surface area contributed by atoms with Gasteiger partial charge in [-0.15, -0.1) is 0 Å². The normalized spacial score (nSPS) is 19.3. The van der Waals surface area contributed by atoms with Gasteiger partial charge in [0, 0.05) is 24.0 Å². The lowest BCUT2D eigenvalue weighted by atomic mass is 10.2. The molecule has 0 spiro atoms. The number of ether oxygens (including phenoxy) is 1. The van der Waals surface area contributed by atoms with Crippen LogP contribution in [0, 0.1) is 5.92 Å². The Morgan fingerprint density at radius 3 is 2.67 bits per heavy atom. The lowest BCUT2D eigenvalue weighted by Crippen LogP contribution is -2.24. The Bertz CT molecular complexity index is 407. The minimum atomic E-state index is -0.000702. The molecule has 0 aliphatic carbocycles. The topological polar surface area (TPSA) is 49.8 Å². The molecule has 0 bridgehead atoms. The van der Waals surface area contributed by atoms with E-state index < -0.39 is 0 Å². The predicted molar refractivity (Wildman–Crippen MR) is 73.3 cm³/mol. The smallest absolute Gasteiger partial charge is 0.227 e. The number of halogens is 1. The number of aliphatic hydroxyl groups excluding tert-OH is 1. The molecule has 1 atom stereocenters. The fourth-order valence-corrected chi connectivity index (χ4v) is 2.45. The van der Waals surface area contributed by atoms with E-state index in [2.05, 4.69) is 15.9 Å². The highest BCUT2D eigenvalue weighted by Gasteiger charge is 2.29. The zero-order valence-corrected chi connectivity index (χ0v) is 11.6. The zero-order chi connectivity index (χ0) is 13.0. The maximum absolute atomic E-state index is 11.8. The van der Waals surface area contributed by atoms with E-state index in [4.69, 9.17) is 9.84 Å². The first-order valence-corrected chi connectivity index (χ1v) is 7.06. The summed E-state index contributed by atoms with van der Waals surface area (Å²) < 4.78 is 5.28. The first-order valence-electron chi connectivity index (χ1n) is 5.94. The fourth-order valence-electron chi connectivity index (χ4n) is 2.02. The Morgan fingerprint density at radius 2 is 2.11 bits per heavy atom. The number of hydrogen-bond donors (Lipinski definition) is 1. The van der Waals surface area contributed by atoms with Crippen molar-refractivity contribution in [2.75, 3.05) is 30.0 Å². The van der Waals surface area contributed by atoms with E-state index >= 15 is 0 Å². The van der Waals surface area contributed by atoms with Crippen molar-refractivity contribution >= 4 is 27.5 Å². The molecule has 4 nitrogen and oxygen atoms in total. The van der Waals surface area contributed by atoms with Crippen LogP contribution in [-0.4, -0.2) is 36.1 Å². The molecule has 1 aromatic carbocycles. The number of alkyl halides is 1. The third kappa shape index (κ3) is 3.03. The van der Waals surface area contributed by atoms with Gasteiger partial charge < -0.3 is 14.7 Å². The molecule has 1 saturated heterocycles. The third-order valence-electron chi connectivity index (χ3n) is 2.93. The maximum Gasteiger partial charge on any atom is 0.227 e. The Hall–Kier alpha value is -1.07. The highest BCUT2D eigenvalue weighted by atomic mass is 79.9. The van der Waals surface area contributed by atoms with Crippen molar-refractivity contribution in [1.29, 1.82) is 0 Å². The summed E-state index contributed by atoms with van der Waals surface area (Å²) in [5.41, 5.74) is 0.903. The van der Waals surface area contributed by atoms with Crippen molar-refractivity contribution < 1.29 is 14.6 Å². The SMILES string of the molecule is O=C1CC(CBr)CN1c1ccc(OCCO)cc1. The van der Waals surface area contributed by atoms with Crippen molar-refractivity contribution in [3.8, 4) is 5.75 Å². The van der Waals surface area contributed by atoms with Gasteiger partial charge in [0.05, 0.1) is 6.61 Å². The van der Waals surface area contributed by atoms with Crippen molar-refractivity contribution in [3.63, 3.8) is 0 Å². The van der Waals surface area contributed by atoms with Gasteiger partial charge in [0.15, 0.2) is 0 Å². The first kappa shape index (κ1) is 13.4. The van der Waals surface area contributed by atoms with E-state index in [1.165, 1.54) is 0 Å². The van der Waals surface area contributed by atoms with Gasteiger partial charge in [-0.1, -0.05) is 15.9 Å². The second-order valence-electron chi connectivity index (χ2n) is 4.29. The number of rotatable bonds is 5. The van der Waals surface area contributed by atoms with Crippen LogP contribution in [-0.2, 0) is 4.79 Å². The minimum Gasteiger partial charge on any atom is -0.491 e. The van der Waals surface area contributed by atoms with E-state index in [9.17, 15) is 4.79 Å². The lowest BCUT2D eigenvalue weighted by molar-refractivity contribution is -0.117. The quantitative estimate of drug-likeness (QED) is 0.843. The standard InChI is InChI=1S/C13H16BrNO3/c14-8-10-7-13(17)15(9-10)11-1-3-12(4-2-11)18-6-5-16/h1-4,10,16H,5-9H2. The van der Waals surface area contributed by atoms with Gasteiger partial charge in [0.2, 0.25) is 5.91 Å². The summed E-state index contributed by atoms with van der Waals surface area (Å²) >= 11 is 3.42. The number of hydrogen-bond acceptors (Lipinski definition) is 3. The van der Waals surface area contributed by atoms with E-state index in [0.717, 1.165) is 17.6 Å². The Morgan fingerprint density at radius 1 is 1.39 bits per heavy atom. The summed E-state index contributed by atoms with van der Waals surface area (Å²) in [5.74, 6) is 1.27. The molecule has 5 heteroatoms. The van der Waals surface area contributed by atoms with Crippen LogP contribution in [0.2, 0.25) is 0 Å². The second kappa shape index (κ2) is 6.20. The molecule has 2 rings (SSSR count). The van der Waals surface area contributed by atoms with Crippen LogP contribution in [0.4, 0.5) is 5.69 Å². The number of carbonyl (C=O) groups excluding carboxylic acids is 1.